The molecule has 3 aromatic rings. The molecule has 0 aliphatic heterocycles. The number of rotatable bonds is 5. The molecule has 3 aromatic heterocycles. The standard InChI is InChI=1S/C16H17N5OS2/c1-10(14-18-7-11(2)24-14)6-19-15(22)21-16-20-13(9-23-16)12-4-3-5-17-8-12/h3-5,7-10H,6H2,1-2H3,(H2,19,20,21,22). The quantitative estimate of drug-likeness (QED) is 0.724. The van der Waals surface area contributed by atoms with Gasteiger partial charge in [0, 0.05) is 46.9 Å². The summed E-state index contributed by atoms with van der Waals surface area (Å²) in [5.74, 6) is 0.177. The van der Waals surface area contributed by atoms with Crippen LogP contribution in [0.4, 0.5) is 9.93 Å². The summed E-state index contributed by atoms with van der Waals surface area (Å²) in [6.07, 6.45) is 5.32. The lowest BCUT2D eigenvalue weighted by Crippen LogP contribution is -2.31. The molecule has 1 atom stereocenters. The van der Waals surface area contributed by atoms with Gasteiger partial charge in [-0.05, 0) is 19.1 Å². The third-order valence-electron chi connectivity index (χ3n) is 3.31. The van der Waals surface area contributed by atoms with Gasteiger partial charge in [-0.15, -0.1) is 22.7 Å². The average molecular weight is 359 g/mol. The second-order valence-electron chi connectivity index (χ2n) is 5.32. The number of pyridine rings is 1. The Bertz CT molecular complexity index is 815. The molecule has 2 N–H and O–H groups in total. The number of carbonyl (C=O) groups is 1. The van der Waals surface area contributed by atoms with Crippen LogP contribution in [-0.2, 0) is 0 Å². The van der Waals surface area contributed by atoms with Gasteiger partial charge in [0.15, 0.2) is 5.13 Å². The Hall–Kier alpha value is -2.32. The molecule has 3 rings (SSSR count). The fourth-order valence-electron chi connectivity index (χ4n) is 2.05. The van der Waals surface area contributed by atoms with Crippen LogP contribution in [0.15, 0.2) is 36.1 Å². The summed E-state index contributed by atoms with van der Waals surface area (Å²) in [6.45, 7) is 4.60. The third kappa shape index (κ3) is 4.15. The van der Waals surface area contributed by atoms with E-state index in [2.05, 4.69) is 25.6 Å². The van der Waals surface area contributed by atoms with Crippen molar-refractivity contribution in [1.82, 2.24) is 20.3 Å². The molecule has 0 saturated heterocycles. The van der Waals surface area contributed by atoms with Crippen LogP contribution in [0.1, 0.15) is 22.7 Å². The second kappa shape index (κ2) is 7.50. The SMILES string of the molecule is Cc1cnc(C(C)CNC(=O)Nc2nc(-c3cccnc3)cs2)s1. The molecule has 124 valence electrons. The molecule has 2 amide bonds. The molecule has 0 aliphatic carbocycles. The Morgan fingerprint density at radius 3 is 2.96 bits per heavy atom. The Labute approximate surface area is 148 Å². The van der Waals surface area contributed by atoms with Gasteiger partial charge in [-0.2, -0.15) is 0 Å². The van der Waals surface area contributed by atoms with E-state index in [1.807, 2.05) is 37.6 Å². The summed E-state index contributed by atoms with van der Waals surface area (Å²) >= 11 is 3.04. The van der Waals surface area contributed by atoms with Crippen LogP contribution in [0.3, 0.4) is 0 Å². The number of hydrogen-bond acceptors (Lipinski definition) is 6. The number of thiazole rings is 2. The van der Waals surface area contributed by atoms with Crippen LogP contribution >= 0.6 is 22.7 Å². The van der Waals surface area contributed by atoms with E-state index in [-0.39, 0.29) is 11.9 Å². The molecular formula is C16H17N5OS2. The minimum Gasteiger partial charge on any atom is -0.337 e. The summed E-state index contributed by atoms with van der Waals surface area (Å²) in [5, 5.41) is 9.11. The number of nitrogens with zero attached hydrogens (tertiary/aromatic N) is 3. The van der Waals surface area contributed by atoms with Crippen LogP contribution < -0.4 is 10.6 Å². The minimum atomic E-state index is -0.262. The fraction of sp³-hybridized carbons (Fsp3) is 0.250. The molecule has 6 nitrogen and oxygen atoms in total. The smallest absolute Gasteiger partial charge is 0.321 e. The van der Waals surface area contributed by atoms with Crippen molar-refractivity contribution in [3.05, 3.63) is 46.0 Å². The Morgan fingerprint density at radius 2 is 2.25 bits per heavy atom. The number of amides is 2. The van der Waals surface area contributed by atoms with Crippen molar-refractivity contribution in [3.63, 3.8) is 0 Å². The lowest BCUT2D eigenvalue weighted by molar-refractivity contribution is 0.251. The highest BCUT2D eigenvalue weighted by atomic mass is 32.1. The van der Waals surface area contributed by atoms with Crippen LogP contribution in [0.25, 0.3) is 11.3 Å². The third-order valence-corrected chi connectivity index (χ3v) is 5.21. The molecule has 0 spiro atoms. The van der Waals surface area contributed by atoms with Crippen molar-refractivity contribution < 1.29 is 4.79 Å². The average Bonchev–Trinajstić information content (AvgIpc) is 3.23. The van der Waals surface area contributed by atoms with E-state index in [0.29, 0.717) is 11.7 Å². The summed E-state index contributed by atoms with van der Waals surface area (Å²) < 4.78 is 0. The zero-order valence-electron chi connectivity index (χ0n) is 13.3. The van der Waals surface area contributed by atoms with Crippen molar-refractivity contribution >= 4 is 33.8 Å². The van der Waals surface area contributed by atoms with Crippen molar-refractivity contribution in [3.8, 4) is 11.3 Å². The highest BCUT2D eigenvalue weighted by Gasteiger charge is 2.12. The molecule has 0 aromatic carbocycles. The fourth-order valence-corrected chi connectivity index (χ4v) is 3.59. The van der Waals surface area contributed by atoms with Crippen molar-refractivity contribution in [2.24, 2.45) is 0 Å². The van der Waals surface area contributed by atoms with Crippen LogP contribution in [-0.4, -0.2) is 27.5 Å². The number of anilines is 1. The van der Waals surface area contributed by atoms with E-state index in [1.165, 1.54) is 16.2 Å². The molecule has 0 aliphatic rings. The Balaban J connectivity index is 1.53. The van der Waals surface area contributed by atoms with E-state index in [0.717, 1.165) is 16.3 Å². The lowest BCUT2D eigenvalue weighted by atomic mass is 10.2. The first-order chi connectivity index (χ1) is 11.6. The maximum Gasteiger partial charge on any atom is 0.321 e. The van der Waals surface area contributed by atoms with Gasteiger partial charge in [0.2, 0.25) is 0 Å². The summed E-state index contributed by atoms with van der Waals surface area (Å²) in [5.41, 5.74) is 1.73. The lowest BCUT2D eigenvalue weighted by Gasteiger charge is -2.10. The van der Waals surface area contributed by atoms with Gasteiger partial charge in [0.05, 0.1) is 10.7 Å². The minimum absolute atomic E-state index is 0.177. The molecule has 0 saturated carbocycles. The molecule has 24 heavy (non-hydrogen) atoms. The van der Waals surface area contributed by atoms with E-state index >= 15 is 0 Å². The van der Waals surface area contributed by atoms with Gasteiger partial charge in [-0.1, -0.05) is 6.92 Å². The molecule has 0 bridgehead atoms. The molecule has 0 radical (unpaired) electrons. The second-order valence-corrected chi connectivity index (χ2v) is 7.45. The van der Waals surface area contributed by atoms with Gasteiger partial charge < -0.3 is 5.32 Å². The van der Waals surface area contributed by atoms with Crippen molar-refractivity contribution in [1.29, 1.82) is 0 Å². The van der Waals surface area contributed by atoms with Gasteiger partial charge in [-0.25, -0.2) is 14.8 Å². The normalized spacial score (nSPS) is 11.9. The topological polar surface area (TPSA) is 79.8 Å². The zero-order chi connectivity index (χ0) is 16.9. The number of hydrogen-bond donors (Lipinski definition) is 2. The van der Waals surface area contributed by atoms with Crippen LogP contribution in [0, 0.1) is 6.92 Å². The molecule has 3 heterocycles. The van der Waals surface area contributed by atoms with Crippen LogP contribution in [0.5, 0.6) is 0 Å². The Morgan fingerprint density at radius 1 is 1.38 bits per heavy atom. The van der Waals surface area contributed by atoms with Gasteiger partial charge in [0.25, 0.3) is 0 Å². The summed E-state index contributed by atoms with van der Waals surface area (Å²) in [4.78, 5) is 26.0. The van der Waals surface area contributed by atoms with E-state index in [1.54, 1.807) is 23.7 Å². The maximum absolute atomic E-state index is 12.0. The number of urea groups is 1. The predicted molar refractivity (Wildman–Crippen MR) is 97.6 cm³/mol. The zero-order valence-corrected chi connectivity index (χ0v) is 14.9. The summed E-state index contributed by atoms with van der Waals surface area (Å²) in [7, 11) is 0. The van der Waals surface area contributed by atoms with Gasteiger partial charge in [0.1, 0.15) is 0 Å². The first-order valence-corrected chi connectivity index (χ1v) is 9.14. The van der Waals surface area contributed by atoms with Gasteiger partial charge >= 0.3 is 6.03 Å². The first-order valence-electron chi connectivity index (χ1n) is 7.45. The predicted octanol–water partition coefficient (Wildman–Crippen LogP) is 3.90. The number of aromatic nitrogens is 3. The highest BCUT2D eigenvalue weighted by Crippen LogP contribution is 2.24. The maximum atomic E-state index is 12.0. The monoisotopic (exact) mass is 359 g/mol. The molecule has 8 heteroatoms. The van der Waals surface area contributed by atoms with Gasteiger partial charge in [-0.3, -0.25) is 10.3 Å². The first kappa shape index (κ1) is 16.5. The number of aryl methyl sites for hydroxylation is 1. The number of nitrogens with one attached hydrogen (secondary N) is 2. The molecule has 1 unspecified atom stereocenters. The van der Waals surface area contributed by atoms with Crippen molar-refractivity contribution in [2.45, 2.75) is 19.8 Å². The Kier molecular flexibility index (Phi) is 5.17. The highest BCUT2D eigenvalue weighted by molar-refractivity contribution is 7.14. The largest absolute Gasteiger partial charge is 0.337 e. The van der Waals surface area contributed by atoms with Crippen molar-refractivity contribution in [2.75, 3.05) is 11.9 Å². The van der Waals surface area contributed by atoms with Crippen LogP contribution in [0.2, 0.25) is 0 Å². The summed E-state index contributed by atoms with van der Waals surface area (Å²) in [6, 6.07) is 3.53. The van der Waals surface area contributed by atoms with E-state index in [9.17, 15) is 4.79 Å². The molecular weight excluding hydrogens is 342 g/mol. The number of carbonyl (C=O) groups excluding carboxylic acids is 1. The van der Waals surface area contributed by atoms with E-state index in [4.69, 9.17) is 0 Å². The molecule has 0 fully saturated rings. The van der Waals surface area contributed by atoms with E-state index < -0.39 is 0 Å².